The molecular formula is C15H14O6. The van der Waals surface area contributed by atoms with Crippen molar-refractivity contribution in [2.75, 3.05) is 7.11 Å². The zero-order chi connectivity index (χ0) is 15.9. The fourth-order valence-corrected chi connectivity index (χ4v) is 2.47. The number of ketones is 4. The van der Waals surface area contributed by atoms with Crippen molar-refractivity contribution in [2.45, 2.75) is 20.0 Å². The van der Waals surface area contributed by atoms with E-state index < -0.39 is 35.2 Å². The number of carbonyl (C=O) groups excluding carboxylic acids is 4. The molecule has 0 aromatic rings. The van der Waals surface area contributed by atoms with E-state index in [0.29, 0.717) is 0 Å². The van der Waals surface area contributed by atoms with Gasteiger partial charge in [-0.25, -0.2) is 0 Å². The van der Waals surface area contributed by atoms with Crippen LogP contribution in [0.4, 0.5) is 0 Å². The molecule has 6 nitrogen and oxygen atoms in total. The standard InChI is InChI=1S/C15H14O6/c1-6-4-8(16)10(14(20)12(6)18)11-9(17)5-7(2)13(19)15(11)21-3/h4-5,10,14,20H,1-3H3. The first kappa shape index (κ1) is 15.1. The molecule has 0 aliphatic heterocycles. The largest absolute Gasteiger partial charge is 0.492 e. The van der Waals surface area contributed by atoms with Gasteiger partial charge in [-0.2, -0.15) is 0 Å². The third-order valence-corrected chi connectivity index (χ3v) is 3.58. The highest BCUT2D eigenvalue weighted by atomic mass is 16.5. The Morgan fingerprint density at radius 3 is 2.24 bits per heavy atom. The molecule has 0 saturated heterocycles. The highest BCUT2D eigenvalue weighted by Gasteiger charge is 2.44. The molecule has 110 valence electrons. The van der Waals surface area contributed by atoms with Crippen LogP contribution in [0.2, 0.25) is 0 Å². The third-order valence-electron chi connectivity index (χ3n) is 3.58. The fraction of sp³-hybridized carbons (Fsp3) is 0.333. The van der Waals surface area contributed by atoms with Crippen LogP contribution in [-0.4, -0.2) is 41.5 Å². The van der Waals surface area contributed by atoms with E-state index in [2.05, 4.69) is 0 Å². The Bertz CT molecular complexity index is 662. The number of allylic oxidation sites excluding steroid dienone is 3. The summed E-state index contributed by atoms with van der Waals surface area (Å²) in [7, 11) is 1.20. The zero-order valence-corrected chi connectivity index (χ0v) is 11.8. The number of aliphatic hydroxyl groups excluding tert-OH is 1. The van der Waals surface area contributed by atoms with E-state index in [9.17, 15) is 24.3 Å². The maximum absolute atomic E-state index is 12.1. The molecule has 0 spiro atoms. The Labute approximate surface area is 120 Å². The Hall–Kier alpha value is -2.34. The molecule has 21 heavy (non-hydrogen) atoms. The van der Waals surface area contributed by atoms with Gasteiger partial charge in [0.2, 0.25) is 5.78 Å². The average Bonchev–Trinajstić information content (AvgIpc) is 2.42. The maximum Gasteiger partial charge on any atom is 0.223 e. The molecule has 0 heterocycles. The molecule has 0 fully saturated rings. The van der Waals surface area contributed by atoms with Crippen molar-refractivity contribution in [3.05, 3.63) is 34.6 Å². The van der Waals surface area contributed by atoms with Crippen molar-refractivity contribution in [3.8, 4) is 0 Å². The van der Waals surface area contributed by atoms with Crippen LogP contribution in [0.15, 0.2) is 34.6 Å². The minimum Gasteiger partial charge on any atom is -0.492 e. The lowest BCUT2D eigenvalue weighted by molar-refractivity contribution is -0.134. The van der Waals surface area contributed by atoms with Gasteiger partial charge in [0, 0.05) is 5.57 Å². The lowest BCUT2D eigenvalue weighted by Crippen LogP contribution is -2.43. The minimum atomic E-state index is -1.69. The number of hydrogen-bond acceptors (Lipinski definition) is 6. The van der Waals surface area contributed by atoms with Gasteiger partial charge >= 0.3 is 0 Å². The van der Waals surface area contributed by atoms with Crippen LogP contribution in [0.25, 0.3) is 0 Å². The molecule has 6 heteroatoms. The monoisotopic (exact) mass is 290 g/mol. The second-order valence-electron chi connectivity index (χ2n) is 4.98. The molecule has 2 aliphatic rings. The summed E-state index contributed by atoms with van der Waals surface area (Å²) in [5, 5.41) is 10.0. The highest BCUT2D eigenvalue weighted by Crippen LogP contribution is 2.32. The molecule has 2 atom stereocenters. The van der Waals surface area contributed by atoms with Crippen molar-refractivity contribution in [3.63, 3.8) is 0 Å². The summed E-state index contributed by atoms with van der Waals surface area (Å²) in [5.74, 6) is -4.09. The number of hydrogen-bond donors (Lipinski definition) is 1. The number of carbonyl (C=O) groups is 4. The molecule has 0 radical (unpaired) electrons. The second kappa shape index (κ2) is 5.21. The molecule has 0 saturated carbocycles. The Morgan fingerprint density at radius 2 is 1.67 bits per heavy atom. The zero-order valence-electron chi connectivity index (χ0n) is 11.8. The van der Waals surface area contributed by atoms with Gasteiger partial charge in [-0.1, -0.05) is 0 Å². The van der Waals surface area contributed by atoms with Crippen molar-refractivity contribution >= 4 is 23.1 Å². The molecule has 0 bridgehead atoms. The van der Waals surface area contributed by atoms with E-state index in [1.807, 2.05) is 0 Å². The lowest BCUT2D eigenvalue weighted by Gasteiger charge is -2.28. The minimum absolute atomic E-state index is 0.115. The Kier molecular flexibility index (Phi) is 3.74. The van der Waals surface area contributed by atoms with E-state index in [-0.39, 0.29) is 22.5 Å². The quantitative estimate of drug-likeness (QED) is 0.722. The average molecular weight is 290 g/mol. The number of ether oxygens (including phenoxy) is 1. The summed E-state index contributed by atoms with van der Waals surface area (Å²) in [4.78, 5) is 48.1. The van der Waals surface area contributed by atoms with Gasteiger partial charge in [0.1, 0.15) is 6.10 Å². The van der Waals surface area contributed by atoms with Crippen molar-refractivity contribution in [2.24, 2.45) is 5.92 Å². The van der Waals surface area contributed by atoms with Gasteiger partial charge < -0.3 is 9.84 Å². The van der Waals surface area contributed by atoms with Crippen LogP contribution in [0.3, 0.4) is 0 Å². The normalized spacial score (nSPS) is 26.9. The predicted octanol–water partition coefficient (Wildman–Crippen LogP) is 0.0602. The van der Waals surface area contributed by atoms with Gasteiger partial charge in [-0.15, -0.1) is 0 Å². The number of aliphatic hydroxyl groups is 1. The van der Waals surface area contributed by atoms with Crippen LogP contribution in [0, 0.1) is 5.92 Å². The topological polar surface area (TPSA) is 97.7 Å². The maximum atomic E-state index is 12.1. The van der Waals surface area contributed by atoms with E-state index in [1.54, 1.807) is 0 Å². The first-order valence-corrected chi connectivity index (χ1v) is 6.29. The number of Topliss-reactive ketones (excluding diaryl/α,β-unsaturated/α-hetero) is 2. The van der Waals surface area contributed by atoms with Crippen molar-refractivity contribution in [1.82, 2.24) is 0 Å². The third kappa shape index (κ3) is 2.27. The molecule has 2 aliphatic carbocycles. The van der Waals surface area contributed by atoms with Crippen LogP contribution >= 0.6 is 0 Å². The smallest absolute Gasteiger partial charge is 0.223 e. The first-order valence-electron chi connectivity index (χ1n) is 6.29. The van der Waals surface area contributed by atoms with Gasteiger partial charge in [0.15, 0.2) is 23.1 Å². The number of rotatable bonds is 2. The summed E-state index contributed by atoms with van der Waals surface area (Å²) < 4.78 is 4.94. The molecule has 1 N–H and O–H groups in total. The summed E-state index contributed by atoms with van der Waals surface area (Å²) >= 11 is 0. The molecule has 2 rings (SSSR count). The highest BCUT2D eigenvalue weighted by molar-refractivity contribution is 6.25. The van der Waals surface area contributed by atoms with Gasteiger partial charge in [-0.05, 0) is 31.6 Å². The van der Waals surface area contributed by atoms with Crippen LogP contribution in [-0.2, 0) is 23.9 Å². The molecule has 0 amide bonds. The first-order chi connectivity index (χ1) is 9.79. The van der Waals surface area contributed by atoms with Crippen molar-refractivity contribution in [1.29, 1.82) is 0 Å². The Morgan fingerprint density at radius 1 is 1.05 bits per heavy atom. The van der Waals surface area contributed by atoms with Gasteiger partial charge in [0.25, 0.3) is 0 Å². The number of methoxy groups -OCH3 is 1. The van der Waals surface area contributed by atoms with E-state index >= 15 is 0 Å². The van der Waals surface area contributed by atoms with Gasteiger partial charge in [-0.3, -0.25) is 19.2 Å². The van der Waals surface area contributed by atoms with Crippen LogP contribution < -0.4 is 0 Å². The summed E-state index contributed by atoms with van der Waals surface area (Å²) in [6, 6.07) is 0. The molecule has 0 aromatic carbocycles. The Balaban J connectivity index is 2.61. The molecule has 0 aromatic heterocycles. The van der Waals surface area contributed by atoms with Crippen molar-refractivity contribution < 1.29 is 29.0 Å². The predicted molar refractivity (Wildman–Crippen MR) is 71.1 cm³/mol. The van der Waals surface area contributed by atoms with E-state index in [0.717, 1.165) is 12.2 Å². The summed E-state index contributed by atoms with van der Waals surface area (Å²) in [6.45, 7) is 2.85. The summed E-state index contributed by atoms with van der Waals surface area (Å²) in [5.41, 5.74) is 0.0312. The van der Waals surface area contributed by atoms with E-state index in [1.165, 1.54) is 21.0 Å². The van der Waals surface area contributed by atoms with E-state index in [4.69, 9.17) is 4.74 Å². The van der Waals surface area contributed by atoms with Crippen LogP contribution in [0.5, 0.6) is 0 Å². The molecule has 2 unspecified atom stereocenters. The summed E-state index contributed by atoms with van der Waals surface area (Å²) in [6.07, 6.45) is 0.463. The SMILES string of the molecule is COC1=C(C2C(=O)C=C(C)C(=O)C2O)C(=O)C=C(C)C1=O. The second-order valence-corrected chi connectivity index (χ2v) is 4.98. The molecular weight excluding hydrogens is 276 g/mol. The fourth-order valence-electron chi connectivity index (χ4n) is 2.47. The lowest BCUT2D eigenvalue weighted by atomic mass is 9.76. The van der Waals surface area contributed by atoms with Crippen LogP contribution in [0.1, 0.15) is 13.8 Å². The van der Waals surface area contributed by atoms with Gasteiger partial charge in [0.05, 0.1) is 18.6 Å².